The predicted molar refractivity (Wildman–Crippen MR) is 80.2 cm³/mol. The van der Waals surface area contributed by atoms with E-state index in [1.807, 2.05) is 0 Å². The molecule has 0 spiro atoms. The molecule has 0 bridgehead atoms. The van der Waals surface area contributed by atoms with Gasteiger partial charge in [-0.05, 0) is 37.4 Å². The Morgan fingerprint density at radius 1 is 1.16 bits per heavy atom. The molecule has 0 atom stereocenters. The second-order valence-electron chi connectivity index (χ2n) is 4.30. The molecule has 0 aliphatic rings. The van der Waals surface area contributed by atoms with Gasteiger partial charge >= 0.3 is 5.97 Å². The summed E-state index contributed by atoms with van der Waals surface area (Å²) in [5.41, 5.74) is 18.0. The van der Waals surface area contributed by atoms with Crippen LogP contribution in [0.5, 0.6) is 0 Å². The van der Waals surface area contributed by atoms with Gasteiger partial charge in [-0.1, -0.05) is 26.3 Å². The second-order valence-corrected chi connectivity index (χ2v) is 4.30. The maximum Gasteiger partial charge on any atom is 0.337 e. The Morgan fingerprint density at radius 2 is 1.74 bits per heavy atom. The minimum atomic E-state index is -1.04. The van der Waals surface area contributed by atoms with Gasteiger partial charge in [-0.25, -0.2) is 4.79 Å². The minimum Gasteiger partial charge on any atom is -0.478 e. The van der Waals surface area contributed by atoms with E-state index in [1.54, 1.807) is 6.07 Å². The third-order valence-electron chi connectivity index (χ3n) is 2.70. The number of hydrogen-bond acceptors (Lipinski definition) is 4. The van der Waals surface area contributed by atoms with E-state index in [-0.39, 0.29) is 11.3 Å². The van der Waals surface area contributed by atoms with Crippen LogP contribution in [0.1, 0.15) is 49.0 Å². The third kappa shape index (κ3) is 5.61. The van der Waals surface area contributed by atoms with Crippen LogP contribution in [-0.2, 0) is 6.42 Å². The van der Waals surface area contributed by atoms with Gasteiger partial charge in [0.15, 0.2) is 0 Å². The zero-order valence-electron chi connectivity index (χ0n) is 11.8. The number of carboxylic acids is 1. The fraction of sp³-hybridized carbons (Fsp3) is 0.500. The van der Waals surface area contributed by atoms with Gasteiger partial charge in [0.05, 0.1) is 16.9 Å². The Balaban J connectivity index is 0.000000711. The number of aryl methyl sites for hydroxylation is 1. The van der Waals surface area contributed by atoms with E-state index >= 15 is 0 Å². The molecule has 0 amide bonds. The molecule has 19 heavy (non-hydrogen) atoms. The molecule has 0 aliphatic carbocycles. The number of carbonyl (C=O) groups is 1. The molecular weight excluding hydrogens is 242 g/mol. The molecule has 0 heterocycles. The molecular formula is C14H25N3O2. The Labute approximate surface area is 114 Å². The van der Waals surface area contributed by atoms with E-state index < -0.39 is 5.97 Å². The topological polar surface area (TPSA) is 115 Å². The molecule has 0 fully saturated rings. The SMILES string of the molecule is CCCCc1ccc(C(=O)O)c(N)c1N.CCCN. The summed E-state index contributed by atoms with van der Waals surface area (Å²) in [6.07, 6.45) is 4.03. The summed E-state index contributed by atoms with van der Waals surface area (Å²) in [6.45, 7) is 4.96. The van der Waals surface area contributed by atoms with Gasteiger partial charge in [0.25, 0.3) is 0 Å². The number of hydrogen-bond donors (Lipinski definition) is 4. The Kier molecular flexibility index (Phi) is 8.37. The first-order valence-electron chi connectivity index (χ1n) is 6.59. The number of nitrogens with two attached hydrogens (primary N) is 3. The Morgan fingerprint density at radius 3 is 2.16 bits per heavy atom. The first-order chi connectivity index (χ1) is 8.99. The van der Waals surface area contributed by atoms with E-state index in [4.69, 9.17) is 22.3 Å². The third-order valence-corrected chi connectivity index (χ3v) is 2.70. The average molecular weight is 267 g/mol. The molecule has 1 aromatic carbocycles. The van der Waals surface area contributed by atoms with Gasteiger partial charge in [-0.3, -0.25) is 0 Å². The van der Waals surface area contributed by atoms with Crippen LogP contribution in [0.3, 0.4) is 0 Å². The van der Waals surface area contributed by atoms with Crippen molar-refractivity contribution in [3.63, 3.8) is 0 Å². The molecule has 0 saturated heterocycles. The number of unbranched alkanes of at least 4 members (excludes halogenated alkanes) is 1. The molecule has 0 aromatic heterocycles. The summed E-state index contributed by atoms with van der Waals surface area (Å²) in [6, 6.07) is 3.25. The summed E-state index contributed by atoms with van der Waals surface area (Å²) in [4.78, 5) is 10.8. The molecule has 108 valence electrons. The molecule has 1 rings (SSSR count). The van der Waals surface area contributed by atoms with Crippen molar-refractivity contribution < 1.29 is 9.90 Å². The van der Waals surface area contributed by atoms with E-state index in [2.05, 4.69) is 13.8 Å². The Hall–Kier alpha value is -1.75. The van der Waals surface area contributed by atoms with Crippen molar-refractivity contribution in [2.24, 2.45) is 5.73 Å². The van der Waals surface area contributed by atoms with Crippen LogP contribution in [0.4, 0.5) is 11.4 Å². The lowest BCUT2D eigenvalue weighted by Gasteiger charge is -2.10. The van der Waals surface area contributed by atoms with Crippen LogP contribution in [0.2, 0.25) is 0 Å². The van der Waals surface area contributed by atoms with Crippen LogP contribution >= 0.6 is 0 Å². The van der Waals surface area contributed by atoms with E-state index in [0.717, 1.165) is 37.8 Å². The van der Waals surface area contributed by atoms with Crippen molar-refractivity contribution in [2.45, 2.75) is 39.5 Å². The van der Waals surface area contributed by atoms with E-state index in [9.17, 15) is 4.79 Å². The molecule has 1 aromatic rings. The molecule has 0 unspecified atom stereocenters. The fourth-order valence-corrected chi connectivity index (χ4v) is 1.45. The second kappa shape index (κ2) is 9.22. The van der Waals surface area contributed by atoms with Crippen molar-refractivity contribution in [3.8, 4) is 0 Å². The lowest BCUT2D eigenvalue weighted by molar-refractivity contribution is 0.0698. The van der Waals surface area contributed by atoms with Crippen LogP contribution in [0, 0.1) is 0 Å². The number of anilines is 2. The van der Waals surface area contributed by atoms with Crippen molar-refractivity contribution in [1.29, 1.82) is 0 Å². The van der Waals surface area contributed by atoms with Gasteiger partial charge in [0.2, 0.25) is 0 Å². The van der Waals surface area contributed by atoms with Crippen molar-refractivity contribution in [3.05, 3.63) is 23.3 Å². The molecule has 0 aliphatic heterocycles. The number of rotatable bonds is 5. The largest absolute Gasteiger partial charge is 0.478 e. The lowest BCUT2D eigenvalue weighted by Crippen LogP contribution is -2.07. The van der Waals surface area contributed by atoms with Crippen molar-refractivity contribution in [1.82, 2.24) is 0 Å². The first kappa shape index (κ1) is 17.2. The van der Waals surface area contributed by atoms with Crippen LogP contribution in [0.15, 0.2) is 12.1 Å². The van der Waals surface area contributed by atoms with E-state index in [0.29, 0.717) is 5.69 Å². The molecule has 0 radical (unpaired) electrons. The molecule has 0 saturated carbocycles. The zero-order chi connectivity index (χ0) is 14.8. The maximum absolute atomic E-state index is 10.8. The highest BCUT2D eigenvalue weighted by Gasteiger charge is 2.12. The quantitative estimate of drug-likeness (QED) is 0.611. The number of carboxylic acid groups (broad SMARTS) is 1. The van der Waals surface area contributed by atoms with Crippen LogP contribution in [-0.4, -0.2) is 17.6 Å². The van der Waals surface area contributed by atoms with Gasteiger partial charge in [-0.2, -0.15) is 0 Å². The summed E-state index contributed by atoms with van der Waals surface area (Å²) in [5.74, 6) is -1.04. The minimum absolute atomic E-state index is 0.0766. The smallest absolute Gasteiger partial charge is 0.337 e. The summed E-state index contributed by atoms with van der Waals surface area (Å²) < 4.78 is 0. The zero-order valence-corrected chi connectivity index (χ0v) is 11.8. The van der Waals surface area contributed by atoms with Gasteiger partial charge < -0.3 is 22.3 Å². The number of nitrogen functional groups attached to an aromatic ring is 2. The number of benzene rings is 1. The summed E-state index contributed by atoms with van der Waals surface area (Å²) in [5, 5.41) is 8.82. The fourth-order valence-electron chi connectivity index (χ4n) is 1.45. The summed E-state index contributed by atoms with van der Waals surface area (Å²) in [7, 11) is 0. The lowest BCUT2D eigenvalue weighted by atomic mass is 10.0. The molecule has 5 nitrogen and oxygen atoms in total. The Bertz CT molecular complexity index is 404. The highest BCUT2D eigenvalue weighted by molar-refractivity contribution is 5.97. The first-order valence-corrected chi connectivity index (χ1v) is 6.59. The molecule has 7 N–H and O–H groups in total. The van der Waals surface area contributed by atoms with Crippen LogP contribution in [0.25, 0.3) is 0 Å². The van der Waals surface area contributed by atoms with E-state index in [1.165, 1.54) is 6.07 Å². The van der Waals surface area contributed by atoms with Gasteiger partial charge in [0.1, 0.15) is 0 Å². The standard InChI is InChI=1S/C11H16N2O2.C3H9N/c1-2-3-4-7-5-6-8(11(14)15)10(13)9(7)12;1-2-3-4/h5-6H,2-4,12-13H2,1H3,(H,14,15);2-4H2,1H3. The van der Waals surface area contributed by atoms with Gasteiger partial charge in [-0.15, -0.1) is 0 Å². The highest BCUT2D eigenvalue weighted by Crippen LogP contribution is 2.25. The van der Waals surface area contributed by atoms with Crippen molar-refractivity contribution >= 4 is 17.3 Å². The monoisotopic (exact) mass is 267 g/mol. The maximum atomic E-state index is 10.8. The van der Waals surface area contributed by atoms with Gasteiger partial charge in [0, 0.05) is 0 Å². The number of aromatic carboxylic acids is 1. The summed E-state index contributed by atoms with van der Waals surface area (Å²) >= 11 is 0. The van der Waals surface area contributed by atoms with Crippen molar-refractivity contribution in [2.75, 3.05) is 18.0 Å². The normalized spacial score (nSPS) is 9.63. The van der Waals surface area contributed by atoms with Crippen LogP contribution < -0.4 is 17.2 Å². The highest BCUT2D eigenvalue weighted by atomic mass is 16.4. The predicted octanol–water partition coefficient (Wildman–Crippen LogP) is 2.25. The molecule has 5 heteroatoms. The average Bonchev–Trinajstić information content (AvgIpc) is 2.40.